The van der Waals surface area contributed by atoms with Crippen molar-refractivity contribution in [1.29, 1.82) is 0 Å². The predicted octanol–water partition coefficient (Wildman–Crippen LogP) is 3.08. The van der Waals surface area contributed by atoms with Crippen LogP contribution in [0.1, 0.15) is 40.1 Å². The quantitative estimate of drug-likeness (QED) is 0.926. The van der Waals surface area contributed by atoms with Crippen LogP contribution in [0.3, 0.4) is 0 Å². The van der Waals surface area contributed by atoms with Crippen LogP contribution in [0.4, 0.5) is 4.39 Å². The van der Waals surface area contributed by atoms with Gasteiger partial charge in [0.15, 0.2) is 0 Å². The molecule has 1 unspecified atom stereocenters. The fraction of sp³-hybridized carbons (Fsp3) is 0.278. The minimum atomic E-state index is -0.528. The first-order valence-electron chi connectivity index (χ1n) is 7.39. The highest BCUT2D eigenvalue weighted by Gasteiger charge is 2.22. The molecule has 0 saturated heterocycles. The van der Waals surface area contributed by atoms with Gasteiger partial charge in [0.1, 0.15) is 5.82 Å². The third kappa shape index (κ3) is 2.88. The molecule has 1 atom stereocenters. The summed E-state index contributed by atoms with van der Waals surface area (Å²) < 4.78 is 13.3. The first-order valence-corrected chi connectivity index (χ1v) is 7.39. The van der Waals surface area contributed by atoms with Crippen molar-refractivity contribution in [2.75, 3.05) is 6.54 Å². The lowest BCUT2D eigenvalue weighted by atomic mass is 9.95. The second kappa shape index (κ2) is 5.89. The number of hydrogen-bond acceptors (Lipinski definition) is 2. The third-order valence-corrected chi connectivity index (χ3v) is 4.08. The summed E-state index contributed by atoms with van der Waals surface area (Å²) in [5, 5.41) is 9.69. The Balaban J connectivity index is 1.84. The number of hydrogen-bond donors (Lipinski definition) is 1. The Hall–Kier alpha value is -2.20. The minimum Gasteiger partial charge on any atom is -0.389 e. The highest BCUT2D eigenvalue weighted by Crippen LogP contribution is 2.24. The summed E-state index contributed by atoms with van der Waals surface area (Å²) in [5.74, 6) is -0.563. The number of halogens is 1. The fourth-order valence-corrected chi connectivity index (χ4v) is 2.81. The maximum Gasteiger partial charge on any atom is 0.254 e. The molecule has 2 aromatic rings. The van der Waals surface area contributed by atoms with Crippen LogP contribution in [0.2, 0.25) is 0 Å². The Morgan fingerprint density at radius 3 is 2.77 bits per heavy atom. The largest absolute Gasteiger partial charge is 0.389 e. The third-order valence-electron chi connectivity index (χ3n) is 4.08. The lowest BCUT2D eigenvalue weighted by molar-refractivity contribution is 0.0734. The van der Waals surface area contributed by atoms with E-state index in [4.69, 9.17) is 0 Å². The van der Waals surface area contributed by atoms with Gasteiger partial charge in [-0.3, -0.25) is 4.79 Å². The van der Waals surface area contributed by atoms with Crippen molar-refractivity contribution in [3.05, 3.63) is 70.5 Å². The maximum atomic E-state index is 13.3. The zero-order chi connectivity index (χ0) is 15.7. The molecule has 3 nitrogen and oxygen atoms in total. The van der Waals surface area contributed by atoms with E-state index >= 15 is 0 Å². The van der Waals surface area contributed by atoms with E-state index in [2.05, 4.69) is 0 Å². The normalized spacial score (nSPS) is 15.3. The van der Waals surface area contributed by atoms with E-state index in [0.717, 1.165) is 17.5 Å². The fourth-order valence-electron chi connectivity index (χ4n) is 2.81. The van der Waals surface area contributed by atoms with Gasteiger partial charge in [-0.2, -0.15) is 0 Å². The first kappa shape index (κ1) is 14.7. The lowest BCUT2D eigenvalue weighted by Gasteiger charge is -2.29. The molecular formula is C18H18FNO2. The van der Waals surface area contributed by atoms with E-state index < -0.39 is 11.9 Å². The number of carbonyl (C=O) groups excluding carboxylic acids is 1. The van der Waals surface area contributed by atoms with Crippen molar-refractivity contribution in [2.24, 2.45) is 0 Å². The SMILES string of the molecule is CC(O)c1ccc2c(c1)CN(C(=O)c1cccc(F)c1)CC2. The number of aliphatic hydroxyl groups is 1. The highest BCUT2D eigenvalue weighted by atomic mass is 19.1. The predicted molar refractivity (Wildman–Crippen MR) is 81.9 cm³/mol. The van der Waals surface area contributed by atoms with Crippen LogP contribution in [0.25, 0.3) is 0 Å². The zero-order valence-corrected chi connectivity index (χ0v) is 12.4. The molecule has 1 aliphatic rings. The molecule has 0 fully saturated rings. The molecule has 0 aromatic heterocycles. The molecular weight excluding hydrogens is 281 g/mol. The number of carbonyl (C=O) groups is 1. The standard InChI is InChI=1S/C18H18FNO2/c1-12(21)14-6-5-13-7-8-20(11-16(13)9-14)18(22)15-3-2-4-17(19)10-15/h2-6,9-10,12,21H,7-8,11H2,1H3. The summed E-state index contributed by atoms with van der Waals surface area (Å²) in [7, 11) is 0. The number of nitrogens with zero attached hydrogens (tertiary/aromatic N) is 1. The van der Waals surface area contributed by atoms with Crippen molar-refractivity contribution in [3.63, 3.8) is 0 Å². The first-order chi connectivity index (χ1) is 10.5. The molecule has 114 valence electrons. The van der Waals surface area contributed by atoms with E-state index in [-0.39, 0.29) is 5.91 Å². The number of aliphatic hydroxyl groups excluding tert-OH is 1. The van der Waals surface area contributed by atoms with Gasteiger partial charge < -0.3 is 10.0 Å². The molecule has 0 bridgehead atoms. The second-order valence-corrected chi connectivity index (χ2v) is 5.69. The van der Waals surface area contributed by atoms with E-state index in [1.807, 2.05) is 18.2 Å². The second-order valence-electron chi connectivity index (χ2n) is 5.69. The van der Waals surface area contributed by atoms with Gasteiger partial charge in [0.25, 0.3) is 5.91 Å². The molecule has 1 amide bonds. The van der Waals surface area contributed by atoms with E-state index in [0.29, 0.717) is 18.7 Å². The average Bonchev–Trinajstić information content (AvgIpc) is 2.53. The number of rotatable bonds is 2. The molecule has 2 aromatic carbocycles. The van der Waals surface area contributed by atoms with Crippen LogP contribution in [0.15, 0.2) is 42.5 Å². The van der Waals surface area contributed by atoms with Crippen molar-refractivity contribution in [2.45, 2.75) is 26.0 Å². The Labute approximate surface area is 129 Å². The lowest BCUT2D eigenvalue weighted by Crippen LogP contribution is -2.36. The molecule has 0 radical (unpaired) electrons. The number of benzene rings is 2. The molecule has 0 aliphatic carbocycles. The molecule has 0 spiro atoms. The number of fused-ring (bicyclic) bond motifs is 1. The van der Waals surface area contributed by atoms with Gasteiger partial charge in [-0.25, -0.2) is 4.39 Å². The van der Waals surface area contributed by atoms with Crippen LogP contribution in [0.5, 0.6) is 0 Å². The summed E-state index contributed by atoms with van der Waals surface area (Å²) >= 11 is 0. The Kier molecular flexibility index (Phi) is 3.94. The molecule has 4 heteroatoms. The van der Waals surface area contributed by atoms with Crippen molar-refractivity contribution >= 4 is 5.91 Å². The topological polar surface area (TPSA) is 40.5 Å². The van der Waals surface area contributed by atoms with Gasteiger partial charge in [-0.05, 0) is 48.2 Å². The molecule has 0 saturated carbocycles. The van der Waals surface area contributed by atoms with Gasteiger partial charge >= 0.3 is 0 Å². The maximum absolute atomic E-state index is 13.3. The number of amides is 1. The Morgan fingerprint density at radius 2 is 2.05 bits per heavy atom. The Bertz CT molecular complexity index is 712. The zero-order valence-electron chi connectivity index (χ0n) is 12.4. The van der Waals surface area contributed by atoms with Gasteiger partial charge in [-0.1, -0.05) is 24.3 Å². The van der Waals surface area contributed by atoms with Crippen LogP contribution in [0, 0.1) is 5.82 Å². The molecule has 1 aliphatic heterocycles. The molecule has 22 heavy (non-hydrogen) atoms. The van der Waals surface area contributed by atoms with Gasteiger partial charge in [-0.15, -0.1) is 0 Å². The molecule has 3 rings (SSSR count). The average molecular weight is 299 g/mol. The van der Waals surface area contributed by atoms with Crippen molar-refractivity contribution in [1.82, 2.24) is 4.90 Å². The van der Waals surface area contributed by atoms with E-state index in [9.17, 15) is 14.3 Å². The van der Waals surface area contributed by atoms with Crippen LogP contribution in [-0.2, 0) is 13.0 Å². The minimum absolute atomic E-state index is 0.160. The van der Waals surface area contributed by atoms with E-state index in [1.54, 1.807) is 24.0 Å². The Morgan fingerprint density at radius 1 is 1.23 bits per heavy atom. The van der Waals surface area contributed by atoms with Crippen LogP contribution >= 0.6 is 0 Å². The summed E-state index contributed by atoms with van der Waals surface area (Å²) in [6.07, 6.45) is 0.246. The van der Waals surface area contributed by atoms with Crippen molar-refractivity contribution in [3.8, 4) is 0 Å². The summed E-state index contributed by atoms with van der Waals surface area (Å²) in [4.78, 5) is 14.2. The summed E-state index contributed by atoms with van der Waals surface area (Å²) in [6.45, 7) is 2.84. The van der Waals surface area contributed by atoms with E-state index in [1.165, 1.54) is 17.7 Å². The highest BCUT2D eigenvalue weighted by molar-refractivity contribution is 5.94. The molecule has 1 N–H and O–H groups in total. The summed E-state index contributed by atoms with van der Waals surface area (Å²) in [5.41, 5.74) is 3.47. The molecule has 1 heterocycles. The van der Waals surface area contributed by atoms with Gasteiger partial charge in [0.05, 0.1) is 6.10 Å². The van der Waals surface area contributed by atoms with Crippen LogP contribution in [-0.4, -0.2) is 22.5 Å². The monoisotopic (exact) mass is 299 g/mol. The summed E-state index contributed by atoms with van der Waals surface area (Å²) in [6, 6.07) is 11.7. The smallest absolute Gasteiger partial charge is 0.254 e. The van der Waals surface area contributed by atoms with Crippen LogP contribution < -0.4 is 0 Å². The van der Waals surface area contributed by atoms with Gasteiger partial charge in [0, 0.05) is 18.7 Å². The van der Waals surface area contributed by atoms with Gasteiger partial charge in [0.2, 0.25) is 0 Å². The van der Waals surface area contributed by atoms with Crippen molar-refractivity contribution < 1.29 is 14.3 Å².